The molecule has 29 heavy (non-hydrogen) atoms. The minimum Gasteiger partial charge on any atom is -0.472 e. The van der Waals surface area contributed by atoms with Crippen molar-refractivity contribution in [3.63, 3.8) is 0 Å². The summed E-state index contributed by atoms with van der Waals surface area (Å²) in [7, 11) is 0. The Bertz CT molecular complexity index is 1030. The second-order valence-electron chi connectivity index (χ2n) is 7.83. The van der Waals surface area contributed by atoms with E-state index in [1.165, 1.54) is 4.80 Å². The summed E-state index contributed by atoms with van der Waals surface area (Å²) in [6.45, 7) is 4.60. The van der Waals surface area contributed by atoms with Crippen molar-refractivity contribution >= 4 is 5.91 Å². The van der Waals surface area contributed by atoms with Gasteiger partial charge in [-0.1, -0.05) is 6.07 Å². The second kappa shape index (κ2) is 6.95. The molecule has 0 radical (unpaired) electrons. The molecule has 3 unspecified atom stereocenters. The van der Waals surface area contributed by atoms with Gasteiger partial charge in [-0.2, -0.15) is 10.2 Å². The third-order valence-electron chi connectivity index (χ3n) is 5.69. The number of fused-ring (bicyclic) bond motifs is 2. The standard InChI is InChI=1S/C21H22N6O2/c1-13-3-6-19(22-11-13)29-18-10-15-9-17(18)26(12-15)21(28)20-16(5-4-14(2)25-20)27-23-7-8-24-27/h3-8,11,15,17-18H,9-10,12H2,1-2H3. The summed E-state index contributed by atoms with van der Waals surface area (Å²) in [5.41, 5.74) is 2.84. The molecule has 2 bridgehead atoms. The largest absolute Gasteiger partial charge is 0.472 e. The highest BCUT2D eigenvalue weighted by Crippen LogP contribution is 2.40. The number of aromatic nitrogens is 5. The molecule has 1 saturated heterocycles. The Morgan fingerprint density at radius 3 is 2.66 bits per heavy atom. The average molecular weight is 390 g/mol. The van der Waals surface area contributed by atoms with Crippen LogP contribution in [0.4, 0.5) is 0 Å². The summed E-state index contributed by atoms with van der Waals surface area (Å²) in [5.74, 6) is 0.949. The molecule has 5 rings (SSSR count). The van der Waals surface area contributed by atoms with Crippen molar-refractivity contribution in [3.05, 3.63) is 59.8 Å². The molecule has 8 nitrogen and oxygen atoms in total. The Labute approximate surface area is 168 Å². The number of amides is 1. The van der Waals surface area contributed by atoms with E-state index in [0.717, 1.165) is 30.6 Å². The fourth-order valence-corrected chi connectivity index (χ4v) is 4.35. The van der Waals surface area contributed by atoms with E-state index in [4.69, 9.17) is 4.74 Å². The molecule has 8 heteroatoms. The smallest absolute Gasteiger partial charge is 0.275 e. The number of hydrogen-bond donors (Lipinski definition) is 0. The van der Waals surface area contributed by atoms with Crippen LogP contribution in [0.5, 0.6) is 5.88 Å². The summed E-state index contributed by atoms with van der Waals surface area (Å²) < 4.78 is 6.15. The maximum Gasteiger partial charge on any atom is 0.275 e. The Hall–Kier alpha value is -3.29. The third-order valence-corrected chi connectivity index (χ3v) is 5.69. The first-order valence-electron chi connectivity index (χ1n) is 9.83. The van der Waals surface area contributed by atoms with E-state index in [1.54, 1.807) is 18.6 Å². The fraction of sp³-hybridized carbons (Fsp3) is 0.381. The lowest BCUT2D eigenvalue weighted by molar-refractivity contribution is 0.0461. The van der Waals surface area contributed by atoms with Crippen LogP contribution in [-0.4, -0.2) is 54.5 Å². The number of hydrogen-bond acceptors (Lipinski definition) is 6. The van der Waals surface area contributed by atoms with Crippen molar-refractivity contribution in [1.29, 1.82) is 0 Å². The first-order chi connectivity index (χ1) is 14.1. The van der Waals surface area contributed by atoms with E-state index in [0.29, 0.717) is 23.2 Å². The normalized spacial score (nSPS) is 22.8. The summed E-state index contributed by atoms with van der Waals surface area (Å²) in [6, 6.07) is 7.60. The summed E-state index contributed by atoms with van der Waals surface area (Å²) in [6.07, 6.45) is 6.81. The highest BCUT2D eigenvalue weighted by Gasteiger charge is 2.49. The molecule has 2 fully saturated rings. The summed E-state index contributed by atoms with van der Waals surface area (Å²) in [4.78, 5) is 25.7. The summed E-state index contributed by atoms with van der Waals surface area (Å²) in [5, 5.41) is 8.35. The topological polar surface area (TPSA) is 86.0 Å². The van der Waals surface area contributed by atoms with Gasteiger partial charge in [0.1, 0.15) is 11.8 Å². The van der Waals surface area contributed by atoms with Gasteiger partial charge < -0.3 is 9.64 Å². The first kappa shape index (κ1) is 17.8. The molecular formula is C21H22N6O2. The fourth-order valence-electron chi connectivity index (χ4n) is 4.35. The van der Waals surface area contributed by atoms with Crippen molar-refractivity contribution in [3.8, 4) is 11.6 Å². The Morgan fingerprint density at radius 1 is 1.10 bits per heavy atom. The van der Waals surface area contributed by atoms with Crippen LogP contribution in [0.15, 0.2) is 42.9 Å². The lowest BCUT2D eigenvalue weighted by Crippen LogP contribution is -2.47. The SMILES string of the molecule is Cc1ccc(OC2CC3CC2N(C(=O)c2nc(C)ccc2-n2nccn2)C3)nc1. The first-order valence-corrected chi connectivity index (χ1v) is 9.83. The molecule has 1 aliphatic carbocycles. The van der Waals surface area contributed by atoms with E-state index in [1.807, 2.05) is 43.0 Å². The highest BCUT2D eigenvalue weighted by atomic mass is 16.5. The van der Waals surface area contributed by atoms with Crippen LogP contribution in [0.1, 0.15) is 34.6 Å². The average Bonchev–Trinajstić information content (AvgIpc) is 3.46. The number of carbonyl (C=O) groups is 1. The molecule has 1 saturated carbocycles. The Balaban J connectivity index is 1.41. The second-order valence-corrected chi connectivity index (χ2v) is 7.83. The molecule has 4 heterocycles. The van der Waals surface area contributed by atoms with Crippen molar-refractivity contribution in [2.45, 2.75) is 38.8 Å². The number of aryl methyl sites for hydroxylation is 2. The van der Waals surface area contributed by atoms with Gasteiger partial charge in [-0.25, -0.2) is 9.97 Å². The molecule has 148 valence electrons. The number of piperidine rings is 1. The van der Waals surface area contributed by atoms with E-state index in [9.17, 15) is 4.79 Å². The lowest BCUT2D eigenvalue weighted by Gasteiger charge is -2.33. The molecule has 3 aromatic rings. The van der Waals surface area contributed by atoms with Gasteiger partial charge >= 0.3 is 0 Å². The number of pyridine rings is 2. The molecule has 3 aromatic heterocycles. The van der Waals surface area contributed by atoms with E-state index in [2.05, 4.69) is 20.2 Å². The van der Waals surface area contributed by atoms with E-state index in [-0.39, 0.29) is 18.1 Å². The van der Waals surface area contributed by atoms with Crippen molar-refractivity contribution in [1.82, 2.24) is 29.9 Å². The highest BCUT2D eigenvalue weighted by molar-refractivity contribution is 5.96. The van der Waals surface area contributed by atoms with Gasteiger partial charge in [0, 0.05) is 24.5 Å². The van der Waals surface area contributed by atoms with Gasteiger partial charge in [-0.05, 0) is 50.3 Å². The predicted molar refractivity (Wildman–Crippen MR) is 105 cm³/mol. The van der Waals surface area contributed by atoms with Crippen molar-refractivity contribution in [2.75, 3.05) is 6.54 Å². The van der Waals surface area contributed by atoms with Gasteiger partial charge in [0.25, 0.3) is 5.91 Å². The lowest BCUT2D eigenvalue weighted by atomic mass is 10.1. The molecule has 1 amide bonds. The van der Waals surface area contributed by atoms with Crippen LogP contribution in [0, 0.1) is 19.8 Å². The Kier molecular flexibility index (Phi) is 4.26. The molecular weight excluding hydrogens is 368 g/mol. The maximum atomic E-state index is 13.5. The molecule has 0 spiro atoms. The Morgan fingerprint density at radius 2 is 1.93 bits per heavy atom. The van der Waals surface area contributed by atoms with Gasteiger partial charge in [-0.3, -0.25) is 4.79 Å². The van der Waals surface area contributed by atoms with Gasteiger partial charge in [0.05, 0.1) is 18.4 Å². The number of ether oxygens (including phenoxy) is 1. The van der Waals surface area contributed by atoms with Crippen LogP contribution in [0.2, 0.25) is 0 Å². The minimum atomic E-state index is -0.0985. The quantitative estimate of drug-likeness (QED) is 0.680. The molecule has 0 aromatic carbocycles. The van der Waals surface area contributed by atoms with Crippen LogP contribution in [0.3, 0.4) is 0 Å². The summed E-state index contributed by atoms with van der Waals surface area (Å²) >= 11 is 0. The molecule has 0 N–H and O–H groups in total. The number of likely N-dealkylation sites (tertiary alicyclic amines) is 1. The monoisotopic (exact) mass is 390 g/mol. The zero-order valence-corrected chi connectivity index (χ0v) is 16.4. The maximum absolute atomic E-state index is 13.5. The van der Waals surface area contributed by atoms with Gasteiger partial charge in [0.15, 0.2) is 5.69 Å². The predicted octanol–water partition coefficient (Wildman–Crippen LogP) is 2.36. The molecule has 2 aliphatic rings. The minimum absolute atomic E-state index is 0.0244. The zero-order valence-electron chi connectivity index (χ0n) is 16.4. The van der Waals surface area contributed by atoms with Crippen LogP contribution in [-0.2, 0) is 0 Å². The number of nitrogens with zero attached hydrogens (tertiary/aromatic N) is 6. The van der Waals surface area contributed by atoms with Gasteiger partial charge in [0.2, 0.25) is 5.88 Å². The number of carbonyl (C=O) groups excluding carboxylic acids is 1. The third kappa shape index (κ3) is 3.24. The molecule has 3 atom stereocenters. The van der Waals surface area contributed by atoms with Crippen molar-refractivity contribution in [2.24, 2.45) is 5.92 Å². The van der Waals surface area contributed by atoms with Crippen molar-refractivity contribution < 1.29 is 9.53 Å². The molecule has 1 aliphatic heterocycles. The van der Waals surface area contributed by atoms with E-state index < -0.39 is 0 Å². The van der Waals surface area contributed by atoms with Crippen LogP contribution >= 0.6 is 0 Å². The van der Waals surface area contributed by atoms with Crippen LogP contribution < -0.4 is 4.74 Å². The van der Waals surface area contributed by atoms with Gasteiger partial charge in [-0.15, -0.1) is 4.80 Å². The zero-order chi connectivity index (χ0) is 20.0. The number of rotatable bonds is 4. The van der Waals surface area contributed by atoms with E-state index >= 15 is 0 Å². The van der Waals surface area contributed by atoms with Crippen LogP contribution in [0.25, 0.3) is 5.69 Å².